The van der Waals surface area contributed by atoms with E-state index < -0.39 is 12.1 Å². The number of nitrogens with zero attached hydrogens (tertiary/aromatic N) is 1. The van der Waals surface area contributed by atoms with Gasteiger partial charge in [0.05, 0.1) is 12.7 Å². The molecule has 4 rings (SSSR count). The van der Waals surface area contributed by atoms with Gasteiger partial charge in [0.15, 0.2) is 17.6 Å². The highest BCUT2D eigenvalue weighted by atomic mass is 16.6. The first-order valence-electron chi connectivity index (χ1n) is 11.1. The minimum atomic E-state index is -0.868. The Balaban J connectivity index is 1.32. The molecule has 1 amide bonds. The third kappa shape index (κ3) is 4.98. The molecule has 0 N–H and O–H groups in total. The molecule has 0 aliphatic carbocycles. The van der Waals surface area contributed by atoms with E-state index in [2.05, 4.69) is 24.3 Å². The average Bonchev–Trinajstić information content (AvgIpc) is 2.84. The van der Waals surface area contributed by atoms with Gasteiger partial charge in [-0.1, -0.05) is 30.3 Å². The number of fused-ring (bicyclic) bond motifs is 1. The Bertz CT molecular complexity index is 935. The van der Waals surface area contributed by atoms with E-state index in [-0.39, 0.29) is 11.5 Å². The Morgan fingerprint density at radius 1 is 1.09 bits per heavy atom. The van der Waals surface area contributed by atoms with E-state index in [1.807, 2.05) is 6.07 Å². The summed E-state index contributed by atoms with van der Waals surface area (Å²) in [5.41, 5.74) is 1.58. The molecule has 7 heteroatoms. The van der Waals surface area contributed by atoms with Crippen LogP contribution >= 0.6 is 0 Å². The molecule has 7 nitrogen and oxygen atoms in total. The second-order valence-electron chi connectivity index (χ2n) is 8.21. The second kappa shape index (κ2) is 9.94. The quantitative estimate of drug-likeness (QED) is 0.642. The topological polar surface area (TPSA) is 74.3 Å². The molecule has 0 aromatic heterocycles. The lowest BCUT2D eigenvalue weighted by atomic mass is 9.90. The van der Waals surface area contributed by atoms with Crippen molar-refractivity contribution in [3.8, 4) is 17.2 Å². The minimum absolute atomic E-state index is 0.166. The Morgan fingerprint density at radius 3 is 2.53 bits per heavy atom. The van der Waals surface area contributed by atoms with Crippen molar-refractivity contribution in [2.24, 2.45) is 5.92 Å². The highest BCUT2D eigenvalue weighted by Gasteiger charge is 2.29. The number of esters is 1. The van der Waals surface area contributed by atoms with Crippen molar-refractivity contribution in [1.82, 2.24) is 4.90 Å². The summed E-state index contributed by atoms with van der Waals surface area (Å²) in [6.45, 7) is 3.78. The SMILES string of the molecule is COc1cc(C(=O)OC(C)C(=O)N2CCC(Cc3ccccc3)CC2)cc2c1OCCO2. The summed E-state index contributed by atoms with van der Waals surface area (Å²) in [5.74, 6) is 1.10. The lowest BCUT2D eigenvalue weighted by molar-refractivity contribution is -0.141. The van der Waals surface area contributed by atoms with Crippen molar-refractivity contribution >= 4 is 11.9 Å². The molecule has 2 aliphatic heterocycles. The molecule has 2 aromatic rings. The number of likely N-dealkylation sites (tertiary alicyclic amines) is 1. The Kier molecular flexibility index (Phi) is 6.83. The summed E-state index contributed by atoms with van der Waals surface area (Å²) in [5, 5.41) is 0. The fourth-order valence-corrected chi connectivity index (χ4v) is 4.23. The summed E-state index contributed by atoms with van der Waals surface area (Å²) < 4.78 is 21.9. The number of methoxy groups -OCH3 is 1. The molecule has 170 valence electrons. The largest absolute Gasteiger partial charge is 0.493 e. The minimum Gasteiger partial charge on any atom is -0.493 e. The van der Waals surface area contributed by atoms with Crippen LogP contribution in [0.1, 0.15) is 35.7 Å². The molecular formula is C25H29NO6. The second-order valence-corrected chi connectivity index (χ2v) is 8.21. The highest BCUT2D eigenvalue weighted by Crippen LogP contribution is 2.40. The molecule has 2 aliphatic rings. The molecule has 0 bridgehead atoms. The normalized spacial score (nSPS) is 16.9. The first kappa shape index (κ1) is 22.0. The number of hydrogen-bond donors (Lipinski definition) is 0. The predicted octanol–water partition coefficient (Wildman–Crippen LogP) is 3.49. The van der Waals surface area contributed by atoms with E-state index in [0.717, 1.165) is 19.3 Å². The first-order valence-corrected chi connectivity index (χ1v) is 11.1. The van der Waals surface area contributed by atoms with E-state index >= 15 is 0 Å². The molecule has 0 spiro atoms. The third-order valence-corrected chi connectivity index (χ3v) is 5.99. The smallest absolute Gasteiger partial charge is 0.339 e. The summed E-state index contributed by atoms with van der Waals surface area (Å²) in [6, 6.07) is 13.5. The lowest BCUT2D eigenvalue weighted by Gasteiger charge is -2.33. The van der Waals surface area contributed by atoms with Gasteiger partial charge in [0.2, 0.25) is 5.75 Å². The summed E-state index contributed by atoms with van der Waals surface area (Å²) in [4.78, 5) is 27.4. The fourth-order valence-electron chi connectivity index (χ4n) is 4.23. The van der Waals surface area contributed by atoms with E-state index in [1.165, 1.54) is 12.7 Å². The molecule has 32 heavy (non-hydrogen) atoms. The van der Waals surface area contributed by atoms with Crippen LogP contribution in [0.15, 0.2) is 42.5 Å². The first-order chi connectivity index (χ1) is 15.5. The molecule has 2 aromatic carbocycles. The zero-order chi connectivity index (χ0) is 22.5. The van der Waals surface area contributed by atoms with E-state index in [1.54, 1.807) is 24.0 Å². The van der Waals surface area contributed by atoms with Gasteiger partial charge in [-0.2, -0.15) is 0 Å². The van der Waals surface area contributed by atoms with Gasteiger partial charge in [0.25, 0.3) is 5.91 Å². The van der Waals surface area contributed by atoms with Gasteiger partial charge >= 0.3 is 5.97 Å². The van der Waals surface area contributed by atoms with E-state index in [4.69, 9.17) is 18.9 Å². The number of piperidine rings is 1. The molecule has 1 fully saturated rings. The van der Waals surface area contributed by atoms with Crippen LogP contribution in [-0.2, 0) is 16.0 Å². The Labute approximate surface area is 188 Å². The van der Waals surface area contributed by atoms with Crippen molar-refractivity contribution in [3.05, 3.63) is 53.6 Å². The molecule has 2 heterocycles. The van der Waals surface area contributed by atoms with Crippen molar-refractivity contribution in [3.63, 3.8) is 0 Å². The maximum absolute atomic E-state index is 12.9. The van der Waals surface area contributed by atoms with Crippen LogP contribution in [0.3, 0.4) is 0 Å². The number of rotatable bonds is 6. The molecule has 1 saturated heterocycles. The van der Waals surface area contributed by atoms with Crippen molar-refractivity contribution in [2.75, 3.05) is 33.4 Å². The van der Waals surface area contributed by atoms with Crippen molar-refractivity contribution in [2.45, 2.75) is 32.3 Å². The molecular weight excluding hydrogens is 410 g/mol. The van der Waals surface area contributed by atoms with Crippen LogP contribution in [0.25, 0.3) is 0 Å². The Morgan fingerprint density at radius 2 is 1.81 bits per heavy atom. The zero-order valence-electron chi connectivity index (χ0n) is 18.5. The van der Waals surface area contributed by atoms with Crippen molar-refractivity contribution in [1.29, 1.82) is 0 Å². The monoisotopic (exact) mass is 439 g/mol. The Hall–Kier alpha value is -3.22. The van der Waals surface area contributed by atoms with Gasteiger partial charge < -0.3 is 23.8 Å². The maximum atomic E-state index is 12.9. The molecule has 0 saturated carbocycles. The number of ether oxygens (including phenoxy) is 4. The van der Waals surface area contributed by atoms with Gasteiger partial charge in [-0.15, -0.1) is 0 Å². The molecule has 0 radical (unpaired) electrons. The fraction of sp³-hybridized carbons (Fsp3) is 0.440. The van der Waals surface area contributed by atoms with Crippen LogP contribution in [-0.4, -0.2) is 56.3 Å². The standard InChI is InChI=1S/C25H29NO6/c1-17(24(27)26-10-8-19(9-11-26)14-18-6-4-3-5-7-18)32-25(28)20-15-21(29-2)23-22(16-20)30-12-13-31-23/h3-7,15-17,19H,8-14H2,1-2H3. The number of benzene rings is 2. The molecule has 1 atom stereocenters. The summed E-state index contributed by atoms with van der Waals surface area (Å²) in [7, 11) is 1.50. The van der Waals surface area contributed by atoms with Gasteiger partial charge in [0, 0.05) is 13.1 Å². The zero-order valence-corrected chi connectivity index (χ0v) is 18.5. The number of amides is 1. The van der Waals surface area contributed by atoms with Gasteiger partial charge in [-0.05, 0) is 49.8 Å². The van der Waals surface area contributed by atoms with Crippen LogP contribution in [0.5, 0.6) is 17.2 Å². The number of hydrogen-bond acceptors (Lipinski definition) is 6. The van der Waals surface area contributed by atoms with Crippen LogP contribution in [0.2, 0.25) is 0 Å². The van der Waals surface area contributed by atoms with Gasteiger partial charge in [0.1, 0.15) is 13.2 Å². The average molecular weight is 440 g/mol. The van der Waals surface area contributed by atoms with Gasteiger partial charge in [-0.3, -0.25) is 4.79 Å². The molecule has 1 unspecified atom stereocenters. The number of carbonyl (C=O) groups excluding carboxylic acids is 2. The lowest BCUT2D eigenvalue weighted by Crippen LogP contribution is -2.44. The van der Waals surface area contributed by atoms with E-state index in [0.29, 0.717) is 49.5 Å². The number of carbonyl (C=O) groups is 2. The van der Waals surface area contributed by atoms with Crippen LogP contribution in [0, 0.1) is 5.92 Å². The highest BCUT2D eigenvalue weighted by molar-refractivity contribution is 5.93. The van der Waals surface area contributed by atoms with E-state index in [9.17, 15) is 9.59 Å². The maximum Gasteiger partial charge on any atom is 0.339 e. The summed E-state index contributed by atoms with van der Waals surface area (Å²) >= 11 is 0. The van der Waals surface area contributed by atoms with Crippen LogP contribution in [0.4, 0.5) is 0 Å². The van der Waals surface area contributed by atoms with Crippen molar-refractivity contribution < 1.29 is 28.5 Å². The summed E-state index contributed by atoms with van der Waals surface area (Å²) in [6.07, 6.45) is 2.05. The van der Waals surface area contributed by atoms with Crippen LogP contribution < -0.4 is 14.2 Å². The van der Waals surface area contributed by atoms with Gasteiger partial charge in [-0.25, -0.2) is 4.79 Å². The predicted molar refractivity (Wildman–Crippen MR) is 118 cm³/mol. The third-order valence-electron chi connectivity index (χ3n) is 5.99.